The molecule has 4 nitrogen and oxygen atoms in total. The predicted molar refractivity (Wildman–Crippen MR) is 119 cm³/mol. The van der Waals surface area contributed by atoms with Crippen LogP contribution in [0.4, 0.5) is 0 Å². The standard InChI is InChI=1S/C22H24BrN3OS/c1-5-11-26-21(17(4)27-20-10-9-15(2)16(3)12-20)24-25-22(26)28-14-18-7-6-8-19(23)13-18/h5-10,12-13,17H,1,11,14H2,2-4H3. The minimum absolute atomic E-state index is 0.213. The number of hydrogen-bond acceptors (Lipinski definition) is 4. The number of halogens is 1. The summed E-state index contributed by atoms with van der Waals surface area (Å²) in [5.41, 5.74) is 3.69. The van der Waals surface area contributed by atoms with Crippen LogP contribution < -0.4 is 4.74 Å². The average molecular weight is 458 g/mol. The van der Waals surface area contributed by atoms with E-state index < -0.39 is 0 Å². The first-order valence-electron chi connectivity index (χ1n) is 9.13. The molecule has 0 aliphatic rings. The molecule has 0 spiro atoms. The molecule has 0 aliphatic heterocycles. The second-order valence-corrected chi connectivity index (χ2v) is 8.52. The minimum Gasteiger partial charge on any atom is -0.483 e. The maximum Gasteiger partial charge on any atom is 0.191 e. The van der Waals surface area contributed by atoms with Crippen molar-refractivity contribution < 1.29 is 4.74 Å². The normalized spacial score (nSPS) is 12.0. The van der Waals surface area contributed by atoms with Crippen molar-refractivity contribution in [2.75, 3.05) is 0 Å². The van der Waals surface area contributed by atoms with Gasteiger partial charge in [0.05, 0.1) is 0 Å². The van der Waals surface area contributed by atoms with E-state index in [0.717, 1.165) is 27.0 Å². The fraction of sp³-hybridized carbons (Fsp3) is 0.273. The van der Waals surface area contributed by atoms with E-state index in [9.17, 15) is 0 Å². The number of hydrogen-bond donors (Lipinski definition) is 0. The Bertz CT molecular complexity index is 970. The highest BCUT2D eigenvalue weighted by Gasteiger charge is 2.19. The molecule has 1 aromatic heterocycles. The quantitative estimate of drug-likeness (QED) is 0.294. The number of benzene rings is 2. The van der Waals surface area contributed by atoms with Crippen molar-refractivity contribution in [3.63, 3.8) is 0 Å². The molecule has 1 atom stereocenters. The van der Waals surface area contributed by atoms with Crippen molar-refractivity contribution in [2.24, 2.45) is 0 Å². The van der Waals surface area contributed by atoms with E-state index in [1.54, 1.807) is 11.8 Å². The average Bonchev–Trinajstić information content (AvgIpc) is 3.06. The summed E-state index contributed by atoms with van der Waals surface area (Å²) < 4.78 is 9.29. The fourth-order valence-corrected chi connectivity index (χ4v) is 4.17. The number of thioether (sulfide) groups is 1. The largest absolute Gasteiger partial charge is 0.483 e. The third-order valence-electron chi connectivity index (χ3n) is 4.47. The van der Waals surface area contributed by atoms with Crippen LogP contribution in [-0.4, -0.2) is 14.8 Å². The first kappa shape index (κ1) is 20.7. The number of rotatable bonds is 8. The highest BCUT2D eigenvalue weighted by molar-refractivity contribution is 9.10. The summed E-state index contributed by atoms with van der Waals surface area (Å²) in [6.45, 7) is 10.7. The van der Waals surface area contributed by atoms with Crippen LogP contribution in [0.15, 0.2) is 64.7 Å². The molecule has 0 radical (unpaired) electrons. The highest BCUT2D eigenvalue weighted by Crippen LogP contribution is 2.28. The Morgan fingerprint density at radius 2 is 2.00 bits per heavy atom. The van der Waals surface area contributed by atoms with Crippen molar-refractivity contribution in [3.05, 3.63) is 82.1 Å². The first-order valence-corrected chi connectivity index (χ1v) is 10.9. The van der Waals surface area contributed by atoms with Crippen LogP contribution >= 0.6 is 27.7 Å². The van der Waals surface area contributed by atoms with Gasteiger partial charge in [-0.1, -0.05) is 52.0 Å². The molecule has 3 rings (SSSR count). The van der Waals surface area contributed by atoms with E-state index in [-0.39, 0.29) is 6.10 Å². The Morgan fingerprint density at radius 3 is 2.71 bits per heavy atom. The summed E-state index contributed by atoms with van der Waals surface area (Å²) in [4.78, 5) is 0. The Kier molecular flexibility index (Phi) is 6.97. The molecular formula is C22H24BrN3OS. The van der Waals surface area contributed by atoms with E-state index in [2.05, 4.69) is 75.4 Å². The summed E-state index contributed by atoms with van der Waals surface area (Å²) in [5.74, 6) is 2.46. The summed E-state index contributed by atoms with van der Waals surface area (Å²) >= 11 is 5.18. The first-order chi connectivity index (χ1) is 13.5. The molecule has 1 heterocycles. The van der Waals surface area contributed by atoms with Crippen LogP contribution in [0.3, 0.4) is 0 Å². The van der Waals surface area contributed by atoms with Crippen molar-refractivity contribution in [1.29, 1.82) is 0 Å². The number of allylic oxidation sites excluding steroid dienone is 1. The number of aryl methyl sites for hydroxylation is 2. The number of aromatic nitrogens is 3. The second-order valence-electron chi connectivity index (χ2n) is 6.66. The molecule has 1 unspecified atom stereocenters. The molecule has 0 bridgehead atoms. The summed E-state index contributed by atoms with van der Waals surface area (Å²) in [6.07, 6.45) is 1.65. The molecule has 0 amide bonds. The van der Waals surface area contributed by atoms with Crippen molar-refractivity contribution in [2.45, 2.75) is 44.3 Å². The lowest BCUT2D eigenvalue weighted by Gasteiger charge is -2.16. The zero-order chi connectivity index (χ0) is 20.1. The molecule has 0 saturated heterocycles. The van der Waals surface area contributed by atoms with E-state index in [4.69, 9.17) is 4.74 Å². The van der Waals surface area contributed by atoms with Gasteiger partial charge in [0, 0.05) is 16.8 Å². The molecule has 0 fully saturated rings. The second kappa shape index (κ2) is 9.43. The minimum atomic E-state index is -0.213. The van der Waals surface area contributed by atoms with Gasteiger partial charge in [0.1, 0.15) is 5.75 Å². The van der Waals surface area contributed by atoms with Crippen molar-refractivity contribution in [3.8, 4) is 5.75 Å². The van der Waals surface area contributed by atoms with E-state index in [0.29, 0.717) is 6.54 Å². The molecule has 146 valence electrons. The maximum absolute atomic E-state index is 6.14. The van der Waals surface area contributed by atoms with Crippen LogP contribution in [0, 0.1) is 13.8 Å². The number of nitrogens with zero attached hydrogens (tertiary/aromatic N) is 3. The van der Waals surface area contributed by atoms with Gasteiger partial charge in [0.2, 0.25) is 0 Å². The molecule has 6 heteroatoms. The van der Waals surface area contributed by atoms with Crippen molar-refractivity contribution >= 4 is 27.7 Å². The van der Waals surface area contributed by atoms with Gasteiger partial charge in [-0.3, -0.25) is 4.57 Å². The Hall–Kier alpha value is -2.05. The zero-order valence-electron chi connectivity index (χ0n) is 16.4. The third-order valence-corrected chi connectivity index (χ3v) is 6.00. The number of ether oxygens (including phenoxy) is 1. The van der Waals surface area contributed by atoms with Crippen LogP contribution in [0.1, 0.15) is 35.5 Å². The van der Waals surface area contributed by atoms with Gasteiger partial charge in [-0.25, -0.2) is 0 Å². The SMILES string of the molecule is C=CCn1c(SCc2cccc(Br)c2)nnc1C(C)Oc1ccc(C)c(C)c1. The molecule has 2 aromatic carbocycles. The Labute approximate surface area is 179 Å². The van der Waals surface area contributed by atoms with E-state index >= 15 is 0 Å². The van der Waals surface area contributed by atoms with Crippen LogP contribution in [0.25, 0.3) is 0 Å². The van der Waals surface area contributed by atoms with Crippen LogP contribution in [0.5, 0.6) is 5.75 Å². The third kappa shape index (κ3) is 5.06. The molecule has 3 aromatic rings. The fourth-order valence-electron chi connectivity index (χ4n) is 2.83. The van der Waals surface area contributed by atoms with Gasteiger partial charge in [0.15, 0.2) is 17.1 Å². The molecule has 0 saturated carbocycles. The van der Waals surface area contributed by atoms with Crippen molar-refractivity contribution in [1.82, 2.24) is 14.8 Å². The molecule has 28 heavy (non-hydrogen) atoms. The van der Waals surface area contributed by atoms with Gasteiger partial charge in [-0.05, 0) is 61.7 Å². The monoisotopic (exact) mass is 457 g/mol. The van der Waals surface area contributed by atoms with Crippen LogP contribution in [0.2, 0.25) is 0 Å². The predicted octanol–water partition coefficient (Wildman–Crippen LogP) is 6.28. The summed E-state index contributed by atoms with van der Waals surface area (Å²) in [7, 11) is 0. The van der Waals surface area contributed by atoms with Crippen LogP contribution in [-0.2, 0) is 12.3 Å². The molecule has 0 N–H and O–H groups in total. The van der Waals surface area contributed by atoms with Gasteiger partial charge < -0.3 is 4.74 Å². The molecule has 0 aliphatic carbocycles. The lowest BCUT2D eigenvalue weighted by molar-refractivity contribution is 0.210. The topological polar surface area (TPSA) is 39.9 Å². The Morgan fingerprint density at radius 1 is 1.18 bits per heavy atom. The Balaban J connectivity index is 1.77. The van der Waals surface area contributed by atoms with Gasteiger partial charge in [-0.15, -0.1) is 16.8 Å². The maximum atomic E-state index is 6.14. The highest BCUT2D eigenvalue weighted by atomic mass is 79.9. The summed E-state index contributed by atoms with van der Waals surface area (Å²) in [5, 5.41) is 9.68. The smallest absolute Gasteiger partial charge is 0.191 e. The van der Waals surface area contributed by atoms with Gasteiger partial charge >= 0.3 is 0 Å². The zero-order valence-corrected chi connectivity index (χ0v) is 18.8. The van der Waals surface area contributed by atoms with E-state index in [1.165, 1.54) is 16.7 Å². The van der Waals surface area contributed by atoms with E-state index in [1.807, 2.05) is 31.2 Å². The molecular weight excluding hydrogens is 434 g/mol. The lowest BCUT2D eigenvalue weighted by atomic mass is 10.1. The van der Waals surface area contributed by atoms with Gasteiger partial charge in [0.25, 0.3) is 0 Å². The summed E-state index contributed by atoms with van der Waals surface area (Å²) in [6, 6.07) is 14.4. The lowest BCUT2D eigenvalue weighted by Crippen LogP contribution is -2.12. The van der Waals surface area contributed by atoms with Gasteiger partial charge in [-0.2, -0.15) is 0 Å².